The van der Waals surface area contributed by atoms with E-state index in [1.807, 2.05) is 13.8 Å². The lowest BCUT2D eigenvalue weighted by atomic mass is 9.85. The number of hydrogen-bond acceptors (Lipinski definition) is 3. The lowest BCUT2D eigenvalue weighted by molar-refractivity contribution is 0.0937. The van der Waals surface area contributed by atoms with Crippen LogP contribution < -0.4 is 5.32 Å². The van der Waals surface area contributed by atoms with E-state index in [1.165, 1.54) is 32.1 Å². The van der Waals surface area contributed by atoms with Gasteiger partial charge in [0.2, 0.25) is 0 Å². The molecule has 0 radical (unpaired) electrons. The van der Waals surface area contributed by atoms with E-state index in [-0.39, 0.29) is 11.8 Å². The van der Waals surface area contributed by atoms with Gasteiger partial charge >= 0.3 is 0 Å². The highest BCUT2D eigenvalue weighted by Crippen LogP contribution is 2.44. The maximum absolute atomic E-state index is 12.1. The van der Waals surface area contributed by atoms with Crippen molar-refractivity contribution in [2.45, 2.75) is 64.3 Å². The van der Waals surface area contributed by atoms with Crippen molar-refractivity contribution in [1.82, 2.24) is 10.5 Å². The fraction of sp³-hybridized carbons (Fsp3) is 0.750. The Kier molecular flexibility index (Phi) is 3.81. The average molecular weight is 276 g/mol. The van der Waals surface area contributed by atoms with E-state index in [0.29, 0.717) is 17.7 Å². The molecule has 4 heteroatoms. The molecule has 2 aliphatic carbocycles. The molecular weight excluding hydrogens is 252 g/mol. The smallest absolute Gasteiger partial charge is 0.273 e. The van der Waals surface area contributed by atoms with Crippen molar-refractivity contribution in [2.75, 3.05) is 0 Å². The number of nitrogens with zero attached hydrogens (tertiary/aromatic N) is 1. The van der Waals surface area contributed by atoms with Gasteiger partial charge in [-0.2, -0.15) is 0 Å². The quantitative estimate of drug-likeness (QED) is 0.915. The minimum atomic E-state index is -0.0797. The van der Waals surface area contributed by atoms with Crippen LogP contribution in [0.2, 0.25) is 0 Å². The Morgan fingerprint density at radius 1 is 1.35 bits per heavy atom. The summed E-state index contributed by atoms with van der Waals surface area (Å²) in [6.45, 7) is 4.06. The minimum Gasteiger partial charge on any atom is -0.360 e. The summed E-state index contributed by atoms with van der Waals surface area (Å²) >= 11 is 0. The molecule has 0 spiro atoms. The van der Waals surface area contributed by atoms with Crippen LogP contribution in [0.4, 0.5) is 0 Å². The third-order valence-corrected chi connectivity index (χ3v) is 4.74. The highest BCUT2D eigenvalue weighted by atomic mass is 16.5. The van der Waals surface area contributed by atoms with E-state index in [0.717, 1.165) is 18.1 Å². The van der Waals surface area contributed by atoms with Crippen molar-refractivity contribution in [3.05, 3.63) is 17.5 Å². The highest BCUT2D eigenvalue weighted by Gasteiger charge is 2.44. The standard InChI is InChI=1S/C16H24N2O2/c1-10(2)15-9-14(18-20-15)16(19)17-13-8-12(13)11-6-4-3-5-7-11/h9-13H,3-8H2,1-2H3,(H,17,19)/t12-,13+/m0/s1. The molecule has 0 aliphatic heterocycles. The first-order valence-corrected chi connectivity index (χ1v) is 7.92. The van der Waals surface area contributed by atoms with Gasteiger partial charge in [0, 0.05) is 18.0 Å². The summed E-state index contributed by atoms with van der Waals surface area (Å²) in [6.07, 6.45) is 7.95. The van der Waals surface area contributed by atoms with Crippen LogP contribution in [0.5, 0.6) is 0 Å². The molecule has 1 N–H and O–H groups in total. The Labute approximate surface area is 120 Å². The largest absolute Gasteiger partial charge is 0.360 e. The first kappa shape index (κ1) is 13.7. The Bertz CT molecular complexity index is 475. The maximum Gasteiger partial charge on any atom is 0.273 e. The molecule has 2 fully saturated rings. The van der Waals surface area contributed by atoms with Crippen molar-refractivity contribution in [3.8, 4) is 0 Å². The summed E-state index contributed by atoms with van der Waals surface area (Å²) in [7, 11) is 0. The lowest BCUT2D eigenvalue weighted by Crippen LogP contribution is -2.28. The zero-order valence-corrected chi connectivity index (χ0v) is 12.4. The van der Waals surface area contributed by atoms with Gasteiger partial charge in [0.25, 0.3) is 5.91 Å². The predicted molar refractivity (Wildman–Crippen MR) is 76.5 cm³/mol. The number of rotatable bonds is 4. The molecule has 3 rings (SSSR count). The second kappa shape index (κ2) is 5.58. The molecule has 2 saturated carbocycles. The van der Waals surface area contributed by atoms with Crippen LogP contribution in [-0.4, -0.2) is 17.1 Å². The first-order chi connectivity index (χ1) is 9.65. The van der Waals surface area contributed by atoms with Gasteiger partial charge < -0.3 is 9.84 Å². The molecule has 0 bridgehead atoms. The van der Waals surface area contributed by atoms with Crippen LogP contribution in [0.1, 0.15) is 74.5 Å². The summed E-state index contributed by atoms with van der Waals surface area (Å²) in [6, 6.07) is 2.13. The van der Waals surface area contributed by atoms with Gasteiger partial charge in [-0.05, 0) is 18.3 Å². The SMILES string of the molecule is CC(C)c1cc(C(=O)N[C@@H]2C[C@H]2C2CCCCC2)no1. The highest BCUT2D eigenvalue weighted by molar-refractivity contribution is 5.92. The zero-order chi connectivity index (χ0) is 14.1. The molecule has 20 heavy (non-hydrogen) atoms. The summed E-state index contributed by atoms with van der Waals surface area (Å²) < 4.78 is 5.18. The Hall–Kier alpha value is -1.32. The summed E-state index contributed by atoms with van der Waals surface area (Å²) in [5, 5.41) is 6.98. The number of aromatic nitrogens is 1. The van der Waals surface area contributed by atoms with Crippen molar-refractivity contribution in [2.24, 2.45) is 11.8 Å². The van der Waals surface area contributed by atoms with Gasteiger partial charge in [-0.15, -0.1) is 0 Å². The van der Waals surface area contributed by atoms with Crippen molar-refractivity contribution < 1.29 is 9.32 Å². The second-order valence-corrected chi connectivity index (χ2v) is 6.65. The lowest BCUT2D eigenvalue weighted by Gasteiger charge is -2.21. The number of carbonyl (C=O) groups is 1. The van der Waals surface area contributed by atoms with Gasteiger partial charge in [-0.25, -0.2) is 0 Å². The second-order valence-electron chi connectivity index (χ2n) is 6.65. The summed E-state index contributed by atoms with van der Waals surface area (Å²) in [5.41, 5.74) is 0.419. The Balaban J connectivity index is 1.52. The van der Waals surface area contributed by atoms with Crippen molar-refractivity contribution in [3.63, 3.8) is 0 Å². The molecular formula is C16H24N2O2. The van der Waals surface area contributed by atoms with Crippen LogP contribution in [0, 0.1) is 11.8 Å². The molecule has 2 atom stereocenters. The topological polar surface area (TPSA) is 55.1 Å². The van der Waals surface area contributed by atoms with Gasteiger partial charge in [-0.3, -0.25) is 4.79 Å². The van der Waals surface area contributed by atoms with Gasteiger partial charge in [0.15, 0.2) is 5.69 Å². The normalized spacial score (nSPS) is 26.8. The molecule has 0 saturated heterocycles. The van der Waals surface area contributed by atoms with Crippen LogP contribution in [0.25, 0.3) is 0 Å². The van der Waals surface area contributed by atoms with Crippen LogP contribution in [0.3, 0.4) is 0 Å². The van der Waals surface area contributed by atoms with Crippen LogP contribution >= 0.6 is 0 Å². The van der Waals surface area contributed by atoms with Gasteiger partial charge in [0.05, 0.1) is 0 Å². The van der Waals surface area contributed by atoms with Crippen LogP contribution in [0.15, 0.2) is 10.6 Å². The minimum absolute atomic E-state index is 0.0797. The number of hydrogen-bond donors (Lipinski definition) is 1. The summed E-state index contributed by atoms with van der Waals surface area (Å²) in [5.74, 6) is 2.49. The van der Waals surface area contributed by atoms with E-state index < -0.39 is 0 Å². The van der Waals surface area contributed by atoms with Crippen molar-refractivity contribution >= 4 is 5.91 Å². The molecule has 0 unspecified atom stereocenters. The van der Waals surface area contributed by atoms with E-state index in [2.05, 4.69) is 10.5 Å². The van der Waals surface area contributed by atoms with E-state index in [1.54, 1.807) is 6.07 Å². The fourth-order valence-corrected chi connectivity index (χ4v) is 3.37. The first-order valence-electron chi connectivity index (χ1n) is 7.92. The third-order valence-electron chi connectivity index (χ3n) is 4.74. The third kappa shape index (κ3) is 2.89. The monoisotopic (exact) mass is 276 g/mol. The number of nitrogens with one attached hydrogen (secondary N) is 1. The van der Waals surface area contributed by atoms with Crippen LogP contribution in [-0.2, 0) is 0 Å². The van der Waals surface area contributed by atoms with E-state index in [4.69, 9.17) is 4.52 Å². The molecule has 4 nitrogen and oxygen atoms in total. The molecule has 1 heterocycles. The molecule has 1 aromatic rings. The Morgan fingerprint density at radius 3 is 2.75 bits per heavy atom. The molecule has 2 aliphatic rings. The van der Waals surface area contributed by atoms with Gasteiger partial charge in [0.1, 0.15) is 5.76 Å². The van der Waals surface area contributed by atoms with E-state index >= 15 is 0 Å². The molecule has 0 aromatic carbocycles. The fourth-order valence-electron chi connectivity index (χ4n) is 3.37. The zero-order valence-electron chi connectivity index (χ0n) is 12.4. The predicted octanol–water partition coefficient (Wildman–Crippen LogP) is 3.50. The summed E-state index contributed by atoms with van der Waals surface area (Å²) in [4.78, 5) is 12.1. The molecule has 110 valence electrons. The maximum atomic E-state index is 12.1. The molecule has 1 aromatic heterocycles. The van der Waals surface area contributed by atoms with Crippen molar-refractivity contribution in [1.29, 1.82) is 0 Å². The molecule has 1 amide bonds. The average Bonchev–Trinajstić information content (AvgIpc) is 3.02. The van der Waals surface area contributed by atoms with Gasteiger partial charge in [-0.1, -0.05) is 51.1 Å². The Morgan fingerprint density at radius 2 is 2.10 bits per heavy atom. The number of carbonyl (C=O) groups excluding carboxylic acids is 1. The number of amides is 1. The van der Waals surface area contributed by atoms with E-state index in [9.17, 15) is 4.79 Å².